The fourth-order valence-corrected chi connectivity index (χ4v) is 7.02. The van der Waals surface area contributed by atoms with Crippen LogP contribution in [0.2, 0.25) is 19.1 Å². The summed E-state index contributed by atoms with van der Waals surface area (Å²) in [6.45, 7) is 12.9. The quantitative estimate of drug-likeness (QED) is 0.340. The smallest absolute Gasteiger partial charge is 0.0672 e. The lowest BCUT2D eigenvalue weighted by Crippen LogP contribution is -2.49. The molecule has 0 heterocycles. The SMILES string of the molecule is C=CCCC[C@]1([Si](C)(C)CC=C)C=Cc2ccccc21. The molecule has 0 aliphatic heterocycles. The molecule has 0 bridgehead atoms. The first-order valence-corrected chi connectivity index (χ1v) is 10.8. The van der Waals surface area contributed by atoms with Crippen LogP contribution in [0.3, 0.4) is 0 Å². The first-order valence-electron chi connectivity index (χ1n) is 7.58. The van der Waals surface area contributed by atoms with Crippen LogP contribution in [0.25, 0.3) is 6.08 Å². The summed E-state index contributed by atoms with van der Waals surface area (Å²) in [6, 6.07) is 10.1. The molecule has 1 aliphatic carbocycles. The fraction of sp³-hybridized carbons (Fsp3) is 0.368. The maximum Gasteiger partial charge on any atom is 0.0672 e. The third-order valence-corrected chi connectivity index (χ3v) is 9.24. The second-order valence-corrected chi connectivity index (χ2v) is 11.5. The maximum absolute atomic E-state index is 4.00. The zero-order valence-electron chi connectivity index (χ0n) is 12.9. The van der Waals surface area contributed by atoms with Gasteiger partial charge in [0, 0.05) is 5.04 Å². The first kappa shape index (κ1) is 15.1. The van der Waals surface area contributed by atoms with E-state index in [9.17, 15) is 0 Å². The van der Waals surface area contributed by atoms with E-state index in [-0.39, 0.29) is 5.04 Å². The average Bonchev–Trinajstić information content (AvgIpc) is 2.80. The van der Waals surface area contributed by atoms with Gasteiger partial charge in [-0.3, -0.25) is 0 Å². The van der Waals surface area contributed by atoms with Gasteiger partial charge in [0.25, 0.3) is 0 Å². The van der Waals surface area contributed by atoms with E-state index in [1.54, 1.807) is 5.56 Å². The Balaban J connectivity index is 2.44. The molecule has 0 saturated heterocycles. The molecule has 0 N–H and O–H groups in total. The highest BCUT2D eigenvalue weighted by Crippen LogP contribution is 2.47. The van der Waals surface area contributed by atoms with Crippen LogP contribution >= 0.6 is 0 Å². The Hall–Kier alpha value is -1.34. The summed E-state index contributed by atoms with van der Waals surface area (Å²) < 4.78 is 0. The molecule has 1 atom stereocenters. The van der Waals surface area contributed by atoms with Crippen LogP contribution < -0.4 is 0 Å². The van der Waals surface area contributed by atoms with E-state index in [1.807, 2.05) is 6.08 Å². The second-order valence-electron chi connectivity index (χ2n) is 6.45. The molecule has 1 aliphatic rings. The van der Waals surface area contributed by atoms with Gasteiger partial charge in [-0.25, -0.2) is 0 Å². The number of unbranched alkanes of at least 4 members (excludes halogenated alkanes) is 1. The molecule has 0 spiro atoms. The van der Waals surface area contributed by atoms with Crippen LogP contribution in [0.4, 0.5) is 0 Å². The molecule has 0 fully saturated rings. The predicted molar refractivity (Wildman–Crippen MR) is 93.7 cm³/mol. The van der Waals surface area contributed by atoms with E-state index in [0.717, 1.165) is 6.42 Å². The summed E-state index contributed by atoms with van der Waals surface area (Å²) in [5.41, 5.74) is 2.96. The van der Waals surface area contributed by atoms with E-state index < -0.39 is 8.07 Å². The molecule has 1 aromatic rings. The number of benzene rings is 1. The molecule has 0 radical (unpaired) electrons. The Labute approximate surface area is 124 Å². The summed E-state index contributed by atoms with van der Waals surface area (Å²) >= 11 is 0. The Kier molecular flexibility index (Phi) is 4.49. The van der Waals surface area contributed by atoms with E-state index in [2.05, 4.69) is 68.7 Å². The minimum Gasteiger partial charge on any atom is -0.103 e. The van der Waals surface area contributed by atoms with E-state index in [1.165, 1.54) is 24.4 Å². The number of hydrogen-bond acceptors (Lipinski definition) is 0. The summed E-state index contributed by atoms with van der Waals surface area (Å²) in [7, 11) is -1.46. The van der Waals surface area contributed by atoms with Gasteiger partial charge in [0.1, 0.15) is 0 Å². The van der Waals surface area contributed by atoms with E-state index in [4.69, 9.17) is 0 Å². The van der Waals surface area contributed by atoms with Gasteiger partial charge >= 0.3 is 0 Å². The van der Waals surface area contributed by atoms with Crippen molar-refractivity contribution in [3.05, 3.63) is 66.8 Å². The third kappa shape index (κ3) is 2.47. The first-order chi connectivity index (χ1) is 9.57. The van der Waals surface area contributed by atoms with Crippen molar-refractivity contribution in [1.29, 1.82) is 0 Å². The van der Waals surface area contributed by atoms with Gasteiger partial charge in [0.15, 0.2) is 0 Å². The topological polar surface area (TPSA) is 0 Å². The number of hydrogen-bond donors (Lipinski definition) is 0. The van der Waals surface area contributed by atoms with Crippen molar-refractivity contribution in [2.75, 3.05) is 0 Å². The number of rotatable bonds is 7. The van der Waals surface area contributed by atoms with E-state index in [0.29, 0.717) is 0 Å². The Bertz CT molecular complexity index is 524. The van der Waals surface area contributed by atoms with Crippen molar-refractivity contribution in [2.24, 2.45) is 0 Å². The maximum atomic E-state index is 4.00. The largest absolute Gasteiger partial charge is 0.103 e. The van der Waals surface area contributed by atoms with Crippen LogP contribution in [0.1, 0.15) is 30.4 Å². The minimum atomic E-state index is -1.46. The highest BCUT2D eigenvalue weighted by molar-refractivity contribution is 6.81. The molecule has 0 unspecified atom stereocenters. The molecule has 1 aromatic carbocycles. The van der Waals surface area contributed by atoms with Gasteiger partial charge in [-0.1, -0.05) is 61.7 Å². The summed E-state index contributed by atoms with van der Waals surface area (Å²) in [5, 5.41) is 0.265. The lowest BCUT2D eigenvalue weighted by Gasteiger charge is -2.43. The standard InChI is InChI=1S/C19H26Si/c1-5-7-10-14-19(20(3,4)16-6-2)15-13-17-11-8-9-12-18(17)19/h5-6,8-9,11-13,15H,1-2,7,10,14,16H2,3-4H3/t19-/m0/s1. The molecule has 1 heteroatoms. The third-order valence-electron chi connectivity index (χ3n) is 4.83. The van der Waals surface area contributed by atoms with Gasteiger partial charge in [0.2, 0.25) is 0 Å². The normalized spacial score (nSPS) is 20.7. The van der Waals surface area contributed by atoms with Crippen molar-refractivity contribution < 1.29 is 0 Å². The molecular formula is C19H26Si. The Morgan fingerprint density at radius 3 is 2.60 bits per heavy atom. The van der Waals surface area contributed by atoms with Crippen molar-refractivity contribution in [3.8, 4) is 0 Å². The molecule has 0 nitrogen and oxygen atoms in total. The van der Waals surface area contributed by atoms with Crippen molar-refractivity contribution >= 4 is 14.1 Å². The summed E-state index contributed by atoms with van der Waals surface area (Å²) in [4.78, 5) is 0. The monoisotopic (exact) mass is 282 g/mol. The van der Waals surface area contributed by atoms with Gasteiger partial charge in [-0.2, -0.15) is 0 Å². The molecule has 0 aromatic heterocycles. The van der Waals surface area contributed by atoms with Crippen molar-refractivity contribution in [3.63, 3.8) is 0 Å². The van der Waals surface area contributed by atoms with Crippen molar-refractivity contribution in [1.82, 2.24) is 0 Å². The zero-order valence-corrected chi connectivity index (χ0v) is 13.9. The molecule has 20 heavy (non-hydrogen) atoms. The zero-order chi connectivity index (χ0) is 14.6. The molecule has 0 saturated carbocycles. The van der Waals surface area contributed by atoms with Crippen LogP contribution in [-0.4, -0.2) is 8.07 Å². The lowest BCUT2D eigenvalue weighted by atomic mass is 9.94. The van der Waals surface area contributed by atoms with Crippen LogP contribution in [0.15, 0.2) is 55.7 Å². The van der Waals surface area contributed by atoms with Crippen LogP contribution in [-0.2, 0) is 5.04 Å². The van der Waals surface area contributed by atoms with E-state index >= 15 is 0 Å². The van der Waals surface area contributed by atoms with Crippen LogP contribution in [0.5, 0.6) is 0 Å². The molecular weight excluding hydrogens is 256 g/mol. The fourth-order valence-electron chi connectivity index (χ4n) is 3.59. The highest BCUT2D eigenvalue weighted by Gasteiger charge is 2.47. The lowest BCUT2D eigenvalue weighted by molar-refractivity contribution is 0.610. The average molecular weight is 283 g/mol. The van der Waals surface area contributed by atoms with Crippen LogP contribution in [0, 0.1) is 0 Å². The van der Waals surface area contributed by atoms with Gasteiger partial charge < -0.3 is 0 Å². The Morgan fingerprint density at radius 2 is 1.90 bits per heavy atom. The van der Waals surface area contributed by atoms with Gasteiger partial charge in [-0.05, 0) is 36.4 Å². The van der Waals surface area contributed by atoms with Gasteiger partial charge in [0.05, 0.1) is 8.07 Å². The number of allylic oxidation sites excluding steroid dienone is 3. The molecule has 2 rings (SSSR count). The minimum absolute atomic E-state index is 0.265. The summed E-state index contributed by atoms with van der Waals surface area (Å²) in [5.74, 6) is 0. The van der Waals surface area contributed by atoms with Gasteiger partial charge in [-0.15, -0.1) is 13.2 Å². The second kappa shape index (κ2) is 5.97. The Morgan fingerprint density at radius 1 is 1.15 bits per heavy atom. The van der Waals surface area contributed by atoms with Crippen molar-refractivity contribution in [2.45, 2.75) is 43.4 Å². The summed E-state index contributed by atoms with van der Waals surface area (Å²) in [6.07, 6.45) is 12.6. The number of fused-ring (bicyclic) bond motifs is 1. The molecule has 0 amide bonds. The molecule has 106 valence electrons. The highest BCUT2D eigenvalue weighted by atomic mass is 28.3. The predicted octanol–water partition coefficient (Wildman–Crippen LogP) is 5.74.